The highest BCUT2D eigenvalue weighted by Gasteiger charge is 2.25. The van der Waals surface area contributed by atoms with Gasteiger partial charge in [0.1, 0.15) is 23.8 Å². The molecule has 0 N–H and O–H groups in total. The fourth-order valence-corrected chi connectivity index (χ4v) is 2.86. The van der Waals surface area contributed by atoms with Gasteiger partial charge >= 0.3 is 0 Å². The average Bonchev–Trinajstić information content (AvgIpc) is 3.09. The van der Waals surface area contributed by atoms with Gasteiger partial charge in [-0.2, -0.15) is 4.52 Å². The Morgan fingerprint density at radius 2 is 1.84 bits per heavy atom. The smallest absolute Gasteiger partial charge is 0.256 e. The highest BCUT2D eigenvalue weighted by atomic mass is 19.1. The van der Waals surface area contributed by atoms with Gasteiger partial charge in [0.25, 0.3) is 5.91 Å². The fourth-order valence-electron chi connectivity index (χ4n) is 2.86. The molecule has 1 aliphatic rings. The second-order valence-corrected chi connectivity index (χ2v) is 5.73. The van der Waals surface area contributed by atoms with Crippen LogP contribution in [0.5, 0.6) is 0 Å². The first-order valence-electron chi connectivity index (χ1n) is 7.78. The molecule has 0 aliphatic carbocycles. The fraction of sp³-hybridized carbons (Fsp3) is 0.250. The number of carbonyl (C=O) groups excluding carboxylic acids is 1. The number of hydrogen-bond acceptors (Lipinski definition) is 5. The maximum absolute atomic E-state index is 13.8. The Hall–Kier alpha value is -3.10. The lowest BCUT2D eigenvalue weighted by Crippen LogP contribution is -2.49. The average molecular weight is 344 g/mol. The van der Waals surface area contributed by atoms with Crippen LogP contribution >= 0.6 is 0 Å². The van der Waals surface area contributed by atoms with Crippen molar-refractivity contribution in [3.8, 4) is 0 Å². The van der Waals surface area contributed by atoms with E-state index in [9.17, 15) is 13.6 Å². The maximum Gasteiger partial charge on any atom is 0.256 e. The first-order valence-corrected chi connectivity index (χ1v) is 7.78. The number of fused-ring (bicyclic) bond motifs is 1. The van der Waals surface area contributed by atoms with Crippen molar-refractivity contribution < 1.29 is 13.6 Å². The monoisotopic (exact) mass is 344 g/mol. The number of rotatable bonds is 2. The Balaban J connectivity index is 1.46. The zero-order valence-electron chi connectivity index (χ0n) is 13.1. The van der Waals surface area contributed by atoms with Gasteiger partial charge in [-0.3, -0.25) is 4.79 Å². The first kappa shape index (κ1) is 15.4. The van der Waals surface area contributed by atoms with Crippen LogP contribution in [0.25, 0.3) is 5.65 Å². The van der Waals surface area contributed by atoms with Gasteiger partial charge in [0.15, 0.2) is 5.65 Å². The van der Waals surface area contributed by atoms with Crippen molar-refractivity contribution in [1.82, 2.24) is 24.7 Å². The van der Waals surface area contributed by atoms with Crippen molar-refractivity contribution in [2.24, 2.45) is 0 Å². The van der Waals surface area contributed by atoms with Crippen LogP contribution in [0.4, 0.5) is 14.6 Å². The van der Waals surface area contributed by atoms with E-state index in [0.29, 0.717) is 31.8 Å². The molecule has 1 amide bonds. The largest absolute Gasteiger partial charge is 0.352 e. The van der Waals surface area contributed by atoms with E-state index < -0.39 is 17.5 Å². The molecule has 1 aromatic carbocycles. The zero-order chi connectivity index (χ0) is 17.4. The summed E-state index contributed by atoms with van der Waals surface area (Å²) in [6.07, 6.45) is 1.52. The number of carbonyl (C=O) groups is 1. The number of piperazine rings is 1. The molecule has 9 heteroatoms. The van der Waals surface area contributed by atoms with Crippen LogP contribution < -0.4 is 4.90 Å². The number of nitrogens with zero attached hydrogens (tertiary/aromatic N) is 6. The summed E-state index contributed by atoms with van der Waals surface area (Å²) in [4.78, 5) is 16.0. The van der Waals surface area contributed by atoms with E-state index >= 15 is 0 Å². The molecule has 0 radical (unpaired) electrons. The molecule has 0 unspecified atom stereocenters. The second kappa shape index (κ2) is 6.08. The third-order valence-electron chi connectivity index (χ3n) is 4.20. The minimum atomic E-state index is -0.841. The van der Waals surface area contributed by atoms with Crippen LogP contribution in [0, 0.1) is 11.6 Å². The molecule has 25 heavy (non-hydrogen) atoms. The lowest BCUT2D eigenvalue weighted by Gasteiger charge is -2.35. The molecule has 0 bridgehead atoms. The zero-order valence-corrected chi connectivity index (χ0v) is 13.1. The molecule has 7 nitrogen and oxygen atoms in total. The van der Waals surface area contributed by atoms with Gasteiger partial charge in [0.05, 0.1) is 5.56 Å². The topological polar surface area (TPSA) is 66.6 Å². The van der Waals surface area contributed by atoms with Crippen molar-refractivity contribution in [2.45, 2.75) is 0 Å². The highest BCUT2D eigenvalue weighted by molar-refractivity contribution is 5.94. The molecule has 1 fully saturated rings. The molecule has 3 heterocycles. The quantitative estimate of drug-likeness (QED) is 0.702. The Kier molecular flexibility index (Phi) is 3.75. The van der Waals surface area contributed by atoms with Gasteiger partial charge in [-0.1, -0.05) is 0 Å². The van der Waals surface area contributed by atoms with Crippen LogP contribution in [0.2, 0.25) is 0 Å². The molecule has 0 spiro atoms. The number of anilines is 1. The highest BCUT2D eigenvalue weighted by Crippen LogP contribution is 2.17. The molecule has 1 saturated heterocycles. The molecule has 4 rings (SSSR count). The van der Waals surface area contributed by atoms with E-state index in [4.69, 9.17) is 0 Å². The van der Waals surface area contributed by atoms with E-state index in [0.717, 1.165) is 18.0 Å². The molecule has 1 aliphatic heterocycles. The summed E-state index contributed by atoms with van der Waals surface area (Å²) in [7, 11) is 0. The number of benzene rings is 1. The third-order valence-corrected chi connectivity index (χ3v) is 4.20. The van der Waals surface area contributed by atoms with Gasteiger partial charge in [-0.05, 0) is 24.3 Å². The minimum Gasteiger partial charge on any atom is -0.352 e. The molecule has 0 saturated carbocycles. The van der Waals surface area contributed by atoms with Gasteiger partial charge in [-0.15, -0.1) is 15.3 Å². The molecular formula is C16H14F2N6O. The predicted molar refractivity (Wildman–Crippen MR) is 85.3 cm³/mol. The Morgan fingerprint density at radius 3 is 2.60 bits per heavy atom. The minimum absolute atomic E-state index is 0.112. The van der Waals surface area contributed by atoms with Crippen LogP contribution in [0.15, 0.2) is 36.7 Å². The standard InChI is InChI=1S/C16H14F2N6O/c17-11-1-2-12(13(18)9-11)16(25)23-7-5-22(6-8-23)15-4-3-14-20-19-10-24(14)21-15/h1-4,9-10H,5-8H2. The normalized spacial score (nSPS) is 15.0. The molecule has 0 atom stereocenters. The lowest BCUT2D eigenvalue weighted by molar-refractivity contribution is 0.0741. The van der Waals surface area contributed by atoms with E-state index in [1.807, 2.05) is 17.0 Å². The van der Waals surface area contributed by atoms with Crippen LogP contribution in [0.3, 0.4) is 0 Å². The third kappa shape index (κ3) is 2.88. The van der Waals surface area contributed by atoms with E-state index in [2.05, 4.69) is 15.3 Å². The number of amides is 1. The maximum atomic E-state index is 13.8. The summed E-state index contributed by atoms with van der Waals surface area (Å²) in [5.74, 6) is -1.21. The summed E-state index contributed by atoms with van der Waals surface area (Å²) in [5, 5.41) is 12.1. The predicted octanol–water partition coefficient (Wildman–Crippen LogP) is 1.36. The van der Waals surface area contributed by atoms with E-state index in [-0.39, 0.29) is 5.56 Å². The Labute approximate surface area is 141 Å². The SMILES string of the molecule is O=C(c1ccc(F)cc1F)N1CCN(c2ccc3nncn3n2)CC1. The van der Waals surface area contributed by atoms with E-state index in [1.54, 1.807) is 9.42 Å². The number of halogens is 2. The first-order chi connectivity index (χ1) is 12.1. The molecule has 3 aromatic rings. The summed E-state index contributed by atoms with van der Waals surface area (Å²) in [6.45, 7) is 1.99. The summed E-state index contributed by atoms with van der Waals surface area (Å²) in [6, 6.07) is 6.66. The Morgan fingerprint density at radius 1 is 1.04 bits per heavy atom. The van der Waals surface area contributed by atoms with Crippen LogP contribution in [-0.2, 0) is 0 Å². The molecular weight excluding hydrogens is 330 g/mol. The molecule has 2 aromatic heterocycles. The van der Waals surface area contributed by atoms with Crippen molar-refractivity contribution in [3.05, 3.63) is 53.9 Å². The number of hydrogen-bond donors (Lipinski definition) is 0. The van der Waals surface area contributed by atoms with Gasteiger partial charge in [-0.25, -0.2) is 8.78 Å². The van der Waals surface area contributed by atoms with Gasteiger partial charge in [0, 0.05) is 32.2 Å². The summed E-state index contributed by atoms with van der Waals surface area (Å²) < 4.78 is 28.4. The van der Waals surface area contributed by atoms with Crippen LogP contribution in [0.1, 0.15) is 10.4 Å². The lowest BCUT2D eigenvalue weighted by atomic mass is 10.1. The van der Waals surface area contributed by atoms with Crippen molar-refractivity contribution in [2.75, 3.05) is 31.1 Å². The van der Waals surface area contributed by atoms with Crippen molar-refractivity contribution in [1.29, 1.82) is 0 Å². The van der Waals surface area contributed by atoms with Crippen molar-refractivity contribution >= 4 is 17.4 Å². The van der Waals surface area contributed by atoms with Crippen molar-refractivity contribution in [3.63, 3.8) is 0 Å². The van der Waals surface area contributed by atoms with Gasteiger partial charge in [0.2, 0.25) is 0 Å². The number of aromatic nitrogens is 4. The molecule has 128 valence electrons. The van der Waals surface area contributed by atoms with E-state index in [1.165, 1.54) is 12.4 Å². The Bertz CT molecular complexity index is 935. The van der Waals surface area contributed by atoms with Gasteiger partial charge < -0.3 is 9.80 Å². The van der Waals surface area contributed by atoms with Crippen LogP contribution in [-0.4, -0.2) is 56.8 Å². The summed E-state index contributed by atoms with van der Waals surface area (Å²) >= 11 is 0. The summed E-state index contributed by atoms with van der Waals surface area (Å²) in [5.41, 5.74) is 0.545. The second-order valence-electron chi connectivity index (χ2n) is 5.73.